The molecule has 3 aromatic rings. The van der Waals surface area contributed by atoms with Gasteiger partial charge in [-0.25, -0.2) is 4.79 Å². The fraction of sp³-hybridized carbons (Fsp3) is 0.370. The number of piperidine rings is 1. The zero-order chi connectivity index (χ0) is 24.9. The topological polar surface area (TPSA) is 89.9 Å². The van der Waals surface area contributed by atoms with Gasteiger partial charge in [-0.15, -0.1) is 0 Å². The number of rotatable bonds is 4. The highest BCUT2D eigenvalue weighted by Gasteiger charge is 2.47. The highest BCUT2D eigenvalue weighted by atomic mass is 35.5. The van der Waals surface area contributed by atoms with E-state index in [0.29, 0.717) is 71.8 Å². The van der Waals surface area contributed by atoms with Crippen LogP contribution in [0.15, 0.2) is 42.6 Å². The molecular weight excluding hydrogens is 482 g/mol. The number of hydrogen-bond donors (Lipinski definition) is 1. The molecule has 9 heteroatoms. The molecule has 1 N–H and O–H groups in total. The van der Waals surface area contributed by atoms with E-state index in [1.807, 2.05) is 12.1 Å². The Balaban J connectivity index is 1.40. The predicted molar refractivity (Wildman–Crippen MR) is 133 cm³/mol. The van der Waals surface area contributed by atoms with Gasteiger partial charge in [-0.3, -0.25) is 9.59 Å². The van der Waals surface area contributed by atoms with E-state index in [9.17, 15) is 14.4 Å². The van der Waals surface area contributed by atoms with Crippen molar-refractivity contribution < 1.29 is 23.9 Å². The molecule has 36 heavy (non-hydrogen) atoms. The van der Waals surface area contributed by atoms with Crippen molar-refractivity contribution in [3.05, 3.63) is 69.9 Å². The minimum absolute atomic E-state index is 0.0498. The van der Waals surface area contributed by atoms with Gasteiger partial charge in [0.15, 0.2) is 5.78 Å². The van der Waals surface area contributed by atoms with Gasteiger partial charge in [0.25, 0.3) is 0 Å². The molecule has 1 aromatic heterocycles. The van der Waals surface area contributed by atoms with Crippen molar-refractivity contribution in [2.45, 2.75) is 25.0 Å². The molecule has 0 radical (unpaired) electrons. The minimum Gasteiger partial charge on any atom is -0.450 e. The van der Waals surface area contributed by atoms with Crippen molar-refractivity contribution in [1.29, 1.82) is 0 Å². The van der Waals surface area contributed by atoms with E-state index < -0.39 is 11.6 Å². The van der Waals surface area contributed by atoms with Crippen LogP contribution in [0.4, 0.5) is 0 Å². The maximum atomic E-state index is 13.9. The Labute approximate surface area is 213 Å². The van der Waals surface area contributed by atoms with Gasteiger partial charge >= 0.3 is 5.97 Å². The lowest BCUT2D eigenvalue weighted by Crippen LogP contribution is -2.42. The van der Waals surface area contributed by atoms with Crippen LogP contribution in [-0.4, -0.2) is 66.5 Å². The summed E-state index contributed by atoms with van der Waals surface area (Å²) in [5, 5.41) is 4.49. The monoisotopic (exact) mass is 507 g/mol. The fourth-order valence-electron chi connectivity index (χ4n) is 5.61. The van der Waals surface area contributed by atoms with Crippen LogP contribution >= 0.6 is 11.6 Å². The third-order valence-corrected chi connectivity index (χ3v) is 7.70. The Morgan fingerprint density at radius 2 is 1.83 bits per heavy atom. The van der Waals surface area contributed by atoms with Crippen LogP contribution < -0.4 is 5.32 Å². The van der Waals surface area contributed by atoms with Crippen LogP contribution in [0.3, 0.4) is 0 Å². The summed E-state index contributed by atoms with van der Waals surface area (Å²) in [6.07, 6.45) is 3.04. The number of esters is 1. The quantitative estimate of drug-likeness (QED) is 0.431. The minimum atomic E-state index is -0.680. The molecule has 2 saturated heterocycles. The van der Waals surface area contributed by atoms with E-state index in [-0.39, 0.29) is 18.2 Å². The van der Waals surface area contributed by atoms with Gasteiger partial charge in [0.1, 0.15) is 12.1 Å². The molecule has 1 spiro atoms. The predicted octanol–water partition coefficient (Wildman–Crippen LogP) is 3.13. The SMILES string of the molecule is O=C1OC2(CCNCC2)c2cccc(C(=O)c3cn(CC(=O)N4CCOCC4)c4cc(Cl)ccc34)c21. The number of ketones is 1. The largest absolute Gasteiger partial charge is 0.450 e. The molecule has 3 aliphatic heterocycles. The van der Waals surface area contributed by atoms with Gasteiger partial charge < -0.3 is 24.3 Å². The molecule has 186 valence electrons. The smallest absolute Gasteiger partial charge is 0.340 e. The van der Waals surface area contributed by atoms with Crippen LogP contribution in [0.1, 0.15) is 44.7 Å². The molecule has 1 amide bonds. The number of carbonyl (C=O) groups is 3. The molecule has 0 saturated carbocycles. The number of fused-ring (bicyclic) bond motifs is 3. The Morgan fingerprint density at radius 1 is 1.06 bits per heavy atom. The number of halogens is 1. The van der Waals surface area contributed by atoms with Crippen molar-refractivity contribution in [1.82, 2.24) is 14.8 Å². The lowest BCUT2D eigenvalue weighted by molar-refractivity contribution is -0.135. The lowest BCUT2D eigenvalue weighted by Gasteiger charge is -2.33. The van der Waals surface area contributed by atoms with Crippen LogP contribution in [0.2, 0.25) is 5.02 Å². The van der Waals surface area contributed by atoms with Crippen LogP contribution in [0.5, 0.6) is 0 Å². The summed E-state index contributed by atoms with van der Waals surface area (Å²) < 4.78 is 13.0. The van der Waals surface area contributed by atoms with Crippen molar-refractivity contribution in [3.63, 3.8) is 0 Å². The van der Waals surface area contributed by atoms with Gasteiger partial charge in [0, 0.05) is 59.2 Å². The lowest BCUT2D eigenvalue weighted by atomic mass is 9.82. The van der Waals surface area contributed by atoms with E-state index in [1.165, 1.54) is 0 Å². The second kappa shape index (κ2) is 9.03. The van der Waals surface area contributed by atoms with Gasteiger partial charge in [-0.1, -0.05) is 35.9 Å². The molecule has 0 aliphatic carbocycles. The van der Waals surface area contributed by atoms with E-state index in [2.05, 4.69) is 5.32 Å². The van der Waals surface area contributed by atoms with Gasteiger partial charge in [-0.05, 0) is 25.2 Å². The number of aromatic nitrogens is 1. The molecular formula is C27H26ClN3O5. The van der Waals surface area contributed by atoms with Crippen LogP contribution in [-0.2, 0) is 26.4 Å². The first kappa shape index (κ1) is 23.2. The first-order valence-electron chi connectivity index (χ1n) is 12.2. The maximum Gasteiger partial charge on any atom is 0.340 e. The number of morpholine rings is 1. The zero-order valence-electron chi connectivity index (χ0n) is 19.7. The summed E-state index contributed by atoms with van der Waals surface area (Å²) >= 11 is 6.28. The molecule has 2 aromatic carbocycles. The number of carbonyl (C=O) groups excluding carboxylic acids is 3. The number of amides is 1. The molecule has 4 heterocycles. The van der Waals surface area contributed by atoms with Crippen molar-refractivity contribution >= 4 is 40.2 Å². The van der Waals surface area contributed by atoms with Crippen molar-refractivity contribution in [2.24, 2.45) is 0 Å². The first-order chi connectivity index (χ1) is 17.5. The molecule has 0 atom stereocenters. The van der Waals surface area contributed by atoms with Gasteiger partial charge in [0.05, 0.1) is 24.3 Å². The molecule has 0 bridgehead atoms. The second-order valence-electron chi connectivity index (χ2n) is 9.52. The number of hydrogen-bond acceptors (Lipinski definition) is 6. The highest BCUT2D eigenvalue weighted by Crippen LogP contribution is 2.44. The average Bonchev–Trinajstić information content (AvgIpc) is 3.39. The van der Waals surface area contributed by atoms with Crippen molar-refractivity contribution in [3.8, 4) is 0 Å². The third kappa shape index (κ3) is 3.80. The Morgan fingerprint density at radius 3 is 2.61 bits per heavy atom. The summed E-state index contributed by atoms with van der Waals surface area (Å²) in [5.74, 6) is -0.781. The highest BCUT2D eigenvalue weighted by molar-refractivity contribution is 6.31. The van der Waals surface area contributed by atoms with Gasteiger partial charge in [0.2, 0.25) is 5.91 Å². The summed E-state index contributed by atoms with van der Waals surface area (Å²) in [5.41, 5.74) is 1.89. The van der Waals surface area contributed by atoms with E-state index in [0.717, 1.165) is 18.7 Å². The van der Waals surface area contributed by atoms with Crippen LogP contribution in [0, 0.1) is 0 Å². The molecule has 8 nitrogen and oxygen atoms in total. The number of ether oxygens (including phenoxy) is 2. The van der Waals surface area contributed by atoms with Crippen LogP contribution in [0.25, 0.3) is 10.9 Å². The molecule has 0 unspecified atom stereocenters. The second-order valence-corrected chi connectivity index (χ2v) is 9.95. The molecule has 3 aliphatic rings. The maximum absolute atomic E-state index is 13.9. The summed E-state index contributed by atoms with van der Waals surface area (Å²) in [6.45, 7) is 3.68. The number of nitrogens with one attached hydrogen (secondary N) is 1. The van der Waals surface area contributed by atoms with E-state index >= 15 is 0 Å². The summed E-state index contributed by atoms with van der Waals surface area (Å²) in [6, 6.07) is 10.7. The number of nitrogens with zero attached hydrogens (tertiary/aromatic N) is 2. The summed E-state index contributed by atoms with van der Waals surface area (Å²) in [7, 11) is 0. The normalized spacial score (nSPS) is 18.9. The van der Waals surface area contributed by atoms with Crippen molar-refractivity contribution in [2.75, 3.05) is 39.4 Å². The summed E-state index contributed by atoms with van der Waals surface area (Å²) in [4.78, 5) is 41.7. The van der Waals surface area contributed by atoms with E-state index in [1.54, 1.807) is 39.9 Å². The Hall–Kier alpha value is -3.20. The van der Waals surface area contributed by atoms with Gasteiger partial charge in [-0.2, -0.15) is 0 Å². The Kier molecular flexibility index (Phi) is 5.82. The third-order valence-electron chi connectivity index (χ3n) is 7.46. The number of benzene rings is 2. The average molecular weight is 508 g/mol. The Bertz CT molecular complexity index is 1390. The van der Waals surface area contributed by atoms with E-state index in [4.69, 9.17) is 21.1 Å². The standard InChI is InChI=1S/C27H26ClN3O5/c28-17-4-5-18-20(15-31(22(18)14-17)16-23(32)30-10-12-35-13-11-30)25(33)19-2-1-3-21-24(19)26(34)36-27(21)6-8-29-9-7-27/h1-5,14-15,29H,6-13,16H2. The first-order valence-corrected chi connectivity index (χ1v) is 12.6. The zero-order valence-corrected chi connectivity index (χ0v) is 20.5. The fourth-order valence-corrected chi connectivity index (χ4v) is 5.77. The molecule has 6 rings (SSSR count). The molecule has 2 fully saturated rings.